The predicted molar refractivity (Wildman–Crippen MR) is 112 cm³/mol. The first kappa shape index (κ1) is 19.3. The largest absolute Gasteiger partial charge is 0.357 e. The van der Waals surface area contributed by atoms with Gasteiger partial charge in [-0.1, -0.05) is 0 Å². The topological polar surface area (TPSA) is 52.6 Å². The Morgan fingerprint density at radius 1 is 1.38 bits per heavy atom. The number of aryl methyl sites for hydroxylation is 1. The molecule has 3 heterocycles. The SMILES string of the molecule is CCNC(=NCCc1ncc(C)s1)NC1CCN(Cc2ccsc2)CC1. The Labute approximate surface area is 164 Å². The lowest BCUT2D eigenvalue weighted by Crippen LogP contribution is -2.48. The van der Waals surface area contributed by atoms with E-state index < -0.39 is 0 Å². The van der Waals surface area contributed by atoms with Crippen molar-refractivity contribution in [2.45, 2.75) is 45.7 Å². The minimum atomic E-state index is 0.508. The van der Waals surface area contributed by atoms with Crippen molar-refractivity contribution in [2.75, 3.05) is 26.2 Å². The lowest BCUT2D eigenvalue weighted by Gasteiger charge is -2.33. The molecule has 0 unspecified atom stereocenters. The van der Waals surface area contributed by atoms with Gasteiger partial charge in [-0.25, -0.2) is 4.98 Å². The molecule has 1 aliphatic heterocycles. The maximum atomic E-state index is 4.74. The van der Waals surface area contributed by atoms with Gasteiger partial charge in [0.25, 0.3) is 0 Å². The predicted octanol–water partition coefficient (Wildman–Crippen LogP) is 3.28. The molecule has 3 rings (SSSR count). The highest BCUT2D eigenvalue weighted by Crippen LogP contribution is 2.15. The zero-order valence-electron chi connectivity index (χ0n) is 15.7. The summed E-state index contributed by atoms with van der Waals surface area (Å²) < 4.78 is 0. The number of nitrogens with one attached hydrogen (secondary N) is 2. The Kier molecular flexibility index (Phi) is 7.46. The lowest BCUT2D eigenvalue weighted by atomic mass is 10.0. The molecule has 5 nitrogen and oxygen atoms in total. The Balaban J connectivity index is 1.43. The van der Waals surface area contributed by atoms with Gasteiger partial charge in [-0.15, -0.1) is 11.3 Å². The summed E-state index contributed by atoms with van der Waals surface area (Å²) in [5.41, 5.74) is 1.44. The average Bonchev–Trinajstić information content (AvgIpc) is 3.29. The van der Waals surface area contributed by atoms with Crippen molar-refractivity contribution in [3.8, 4) is 0 Å². The molecule has 0 aromatic carbocycles. The maximum absolute atomic E-state index is 4.74. The number of rotatable bonds is 7. The minimum Gasteiger partial charge on any atom is -0.357 e. The van der Waals surface area contributed by atoms with Crippen molar-refractivity contribution in [1.29, 1.82) is 0 Å². The van der Waals surface area contributed by atoms with Crippen molar-refractivity contribution in [1.82, 2.24) is 20.5 Å². The van der Waals surface area contributed by atoms with Crippen molar-refractivity contribution >= 4 is 28.6 Å². The van der Waals surface area contributed by atoms with E-state index in [1.165, 1.54) is 28.3 Å². The van der Waals surface area contributed by atoms with Crippen LogP contribution in [0.15, 0.2) is 28.0 Å². The molecule has 0 aliphatic carbocycles. The summed E-state index contributed by atoms with van der Waals surface area (Å²) in [5, 5.41) is 12.6. The Bertz CT molecular complexity index is 672. The molecule has 0 bridgehead atoms. The third-order valence-electron chi connectivity index (χ3n) is 4.52. The van der Waals surface area contributed by atoms with Gasteiger partial charge in [0.15, 0.2) is 5.96 Å². The summed E-state index contributed by atoms with van der Waals surface area (Å²) in [6.45, 7) is 9.25. The van der Waals surface area contributed by atoms with Crippen LogP contribution in [0.2, 0.25) is 0 Å². The summed E-state index contributed by atoms with van der Waals surface area (Å²) in [6.07, 6.45) is 5.19. The number of piperidine rings is 1. The fourth-order valence-corrected chi connectivity index (χ4v) is 4.61. The highest BCUT2D eigenvalue weighted by Gasteiger charge is 2.20. The zero-order chi connectivity index (χ0) is 18.2. The third-order valence-corrected chi connectivity index (χ3v) is 6.23. The van der Waals surface area contributed by atoms with E-state index in [-0.39, 0.29) is 0 Å². The second-order valence-corrected chi connectivity index (χ2v) is 8.80. The fourth-order valence-electron chi connectivity index (χ4n) is 3.17. The molecular formula is C19H29N5S2. The van der Waals surface area contributed by atoms with Gasteiger partial charge in [0.05, 0.1) is 5.01 Å². The first-order valence-electron chi connectivity index (χ1n) is 9.42. The normalized spacial score (nSPS) is 16.8. The van der Waals surface area contributed by atoms with Crippen LogP contribution < -0.4 is 10.6 Å². The number of guanidine groups is 1. The molecule has 2 N–H and O–H groups in total. The molecule has 2 aromatic rings. The molecule has 142 valence electrons. The first-order valence-corrected chi connectivity index (χ1v) is 11.2. The van der Waals surface area contributed by atoms with Crippen molar-refractivity contribution < 1.29 is 0 Å². The van der Waals surface area contributed by atoms with Gasteiger partial charge in [0.2, 0.25) is 0 Å². The molecule has 2 aromatic heterocycles. The number of thiophene rings is 1. The van der Waals surface area contributed by atoms with E-state index in [4.69, 9.17) is 4.99 Å². The van der Waals surface area contributed by atoms with E-state index in [1.807, 2.05) is 6.20 Å². The Morgan fingerprint density at radius 3 is 2.88 bits per heavy atom. The van der Waals surface area contributed by atoms with E-state index in [1.54, 1.807) is 22.7 Å². The number of hydrogen-bond acceptors (Lipinski definition) is 5. The van der Waals surface area contributed by atoms with Gasteiger partial charge >= 0.3 is 0 Å². The number of thiazole rings is 1. The van der Waals surface area contributed by atoms with Gasteiger partial charge in [-0.3, -0.25) is 9.89 Å². The molecule has 1 aliphatic rings. The summed E-state index contributed by atoms with van der Waals surface area (Å²) in [6, 6.07) is 2.74. The maximum Gasteiger partial charge on any atom is 0.191 e. The van der Waals surface area contributed by atoms with Crippen LogP contribution >= 0.6 is 22.7 Å². The molecule has 0 saturated carbocycles. The highest BCUT2D eigenvalue weighted by molar-refractivity contribution is 7.11. The number of aliphatic imine (C=N–C) groups is 1. The third kappa shape index (κ3) is 6.07. The number of nitrogens with zero attached hydrogens (tertiary/aromatic N) is 3. The molecule has 26 heavy (non-hydrogen) atoms. The molecule has 7 heteroatoms. The lowest BCUT2D eigenvalue weighted by molar-refractivity contribution is 0.198. The number of likely N-dealkylation sites (tertiary alicyclic amines) is 1. The van der Waals surface area contributed by atoms with Crippen LogP contribution in [-0.2, 0) is 13.0 Å². The molecule has 0 radical (unpaired) electrons. The van der Waals surface area contributed by atoms with Crippen LogP contribution in [0.1, 0.15) is 35.2 Å². The quantitative estimate of drug-likeness (QED) is 0.562. The molecule has 1 saturated heterocycles. The molecule has 0 spiro atoms. The fraction of sp³-hybridized carbons (Fsp3) is 0.579. The van der Waals surface area contributed by atoms with Crippen LogP contribution in [0, 0.1) is 6.92 Å². The van der Waals surface area contributed by atoms with Gasteiger partial charge in [-0.05, 0) is 49.1 Å². The van der Waals surface area contributed by atoms with Crippen molar-refractivity contribution in [3.63, 3.8) is 0 Å². The Morgan fingerprint density at radius 2 is 2.23 bits per heavy atom. The Hall–Kier alpha value is -1.44. The highest BCUT2D eigenvalue weighted by atomic mass is 32.1. The van der Waals surface area contributed by atoms with Crippen molar-refractivity contribution in [3.05, 3.63) is 38.5 Å². The van der Waals surface area contributed by atoms with E-state index in [0.717, 1.165) is 45.1 Å². The molecule has 1 fully saturated rings. The summed E-state index contributed by atoms with van der Waals surface area (Å²) in [5.74, 6) is 0.942. The van der Waals surface area contributed by atoms with E-state index in [9.17, 15) is 0 Å². The second kappa shape index (κ2) is 10.0. The van der Waals surface area contributed by atoms with E-state index in [0.29, 0.717) is 6.04 Å². The van der Waals surface area contributed by atoms with Crippen molar-refractivity contribution in [2.24, 2.45) is 4.99 Å². The monoisotopic (exact) mass is 391 g/mol. The van der Waals surface area contributed by atoms with Gasteiger partial charge in [0.1, 0.15) is 0 Å². The molecule has 0 atom stereocenters. The second-order valence-electron chi connectivity index (χ2n) is 6.70. The first-order chi connectivity index (χ1) is 12.7. The molecule has 0 amide bonds. The average molecular weight is 392 g/mol. The number of aromatic nitrogens is 1. The van der Waals surface area contributed by atoms with Crippen LogP contribution in [0.3, 0.4) is 0 Å². The van der Waals surface area contributed by atoms with Gasteiger partial charge in [-0.2, -0.15) is 11.3 Å². The van der Waals surface area contributed by atoms with Crippen LogP contribution in [0.25, 0.3) is 0 Å². The smallest absolute Gasteiger partial charge is 0.191 e. The summed E-state index contributed by atoms with van der Waals surface area (Å²) in [4.78, 5) is 13.0. The van der Waals surface area contributed by atoms with Gasteiger partial charge < -0.3 is 10.6 Å². The van der Waals surface area contributed by atoms with Crippen LogP contribution in [-0.4, -0.2) is 48.1 Å². The van der Waals surface area contributed by atoms with E-state index in [2.05, 4.69) is 51.2 Å². The number of hydrogen-bond donors (Lipinski definition) is 2. The van der Waals surface area contributed by atoms with Gasteiger partial charge in [0, 0.05) is 56.3 Å². The standard InChI is InChI=1S/C19H29N5S2/c1-3-20-19(21-8-4-18-22-12-15(2)26-18)23-17-5-9-24(10-6-17)13-16-7-11-25-14-16/h7,11-12,14,17H,3-6,8-10,13H2,1-2H3,(H2,20,21,23). The summed E-state index contributed by atoms with van der Waals surface area (Å²) in [7, 11) is 0. The van der Waals surface area contributed by atoms with Crippen LogP contribution in [0.5, 0.6) is 0 Å². The molecular weight excluding hydrogens is 362 g/mol. The van der Waals surface area contributed by atoms with E-state index >= 15 is 0 Å². The summed E-state index contributed by atoms with van der Waals surface area (Å²) >= 11 is 3.55. The zero-order valence-corrected chi connectivity index (χ0v) is 17.3. The van der Waals surface area contributed by atoms with Crippen LogP contribution in [0.4, 0.5) is 0 Å². The minimum absolute atomic E-state index is 0.508.